The number of aliphatic hydroxyl groups excluding tert-OH is 2. The highest BCUT2D eigenvalue weighted by atomic mass is 32.3. The number of hydrogen-bond donors (Lipinski definition) is 6. The minimum atomic E-state index is -4.67. The Bertz CT molecular complexity index is 1690. The minimum Gasteiger partial charge on any atom is -0.504 e. The summed E-state index contributed by atoms with van der Waals surface area (Å²) < 4.78 is 43.8. The minimum absolute atomic E-state index is 0. The molecule has 0 amide bonds. The number of rotatable bonds is 0. The van der Waals surface area contributed by atoms with Crippen molar-refractivity contribution in [2.24, 2.45) is 11.8 Å². The monoisotopic (exact) mass is 686 g/mol. The maximum atomic E-state index is 10.4. The lowest BCUT2D eigenvalue weighted by Gasteiger charge is -2.56. The van der Waals surface area contributed by atoms with Crippen LogP contribution in [0, 0.1) is 11.8 Å². The average Bonchev–Trinajstić information content (AvgIpc) is 3.56. The quantitative estimate of drug-likeness (QED) is 0.169. The molecule has 2 spiro atoms. The Morgan fingerprint density at radius 1 is 0.708 bits per heavy atom. The fourth-order valence-corrected chi connectivity index (χ4v) is 10.5. The summed E-state index contributed by atoms with van der Waals surface area (Å²) in [5.41, 5.74) is 4.58. The molecule has 4 aliphatic carbocycles. The molecule has 0 saturated carbocycles. The summed E-state index contributed by atoms with van der Waals surface area (Å²) in [5, 5.41) is 41.3. The third-order valence-electron chi connectivity index (χ3n) is 12.3. The second-order valence-corrected chi connectivity index (χ2v) is 15.2. The number of phenols is 2. The molecule has 10 rings (SSSR count). The maximum Gasteiger partial charge on any atom is 0.394 e. The Hall–Kier alpha value is -3.21. The van der Waals surface area contributed by atoms with Crippen LogP contribution in [0.5, 0.6) is 23.0 Å². The largest absolute Gasteiger partial charge is 0.504 e. The van der Waals surface area contributed by atoms with E-state index >= 15 is 0 Å². The first-order chi connectivity index (χ1) is 22.3. The number of aromatic hydroxyl groups is 2. The van der Waals surface area contributed by atoms with Gasteiger partial charge in [0.05, 0.1) is 0 Å². The summed E-state index contributed by atoms with van der Waals surface area (Å²) in [6.45, 7) is 2.02. The standard InChI is InChI=1S/2C17H19NO3.H2O4S.H2O/c2*1-18-7-6-17-10-3-5-13(20)16(17)21-15-12(19)4-2-9(14(15)17)8-11(10)18;1-5(2,3)4;/h2*2-5,10-11,13,16,19-20H,6-8H2,1H3;(H2,1,2,3,4);1H2/t2*10-,11+,13-,16-,17-;;/m00../s1. The van der Waals surface area contributed by atoms with Crippen molar-refractivity contribution in [1.82, 2.24) is 9.80 Å². The van der Waals surface area contributed by atoms with E-state index in [1.54, 1.807) is 12.1 Å². The van der Waals surface area contributed by atoms with Gasteiger partial charge in [0, 0.05) is 45.9 Å². The number of hydrogen-bond acceptors (Lipinski definition) is 10. The van der Waals surface area contributed by atoms with E-state index in [1.807, 2.05) is 24.3 Å². The Labute approximate surface area is 278 Å². The van der Waals surface area contributed by atoms with Crippen LogP contribution in [0.4, 0.5) is 0 Å². The van der Waals surface area contributed by atoms with Crippen LogP contribution in [0.1, 0.15) is 35.1 Å². The number of ether oxygens (including phenoxy) is 2. The molecular formula is C34H42N2O11S. The molecule has 48 heavy (non-hydrogen) atoms. The predicted octanol–water partition coefficient (Wildman–Crippen LogP) is 0.919. The number of likely N-dealkylation sites (tertiary alicyclic amines) is 2. The van der Waals surface area contributed by atoms with E-state index < -0.39 is 22.6 Å². The molecule has 2 fully saturated rings. The smallest absolute Gasteiger partial charge is 0.394 e. The zero-order valence-corrected chi connectivity index (χ0v) is 27.4. The van der Waals surface area contributed by atoms with Gasteiger partial charge in [-0.15, -0.1) is 0 Å². The Morgan fingerprint density at radius 2 is 1.08 bits per heavy atom. The molecule has 0 radical (unpaired) electrons. The zero-order chi connectivity index (χ0) is 33.2. The molecule has 8 aliphatic rings. The van der Waals surface area contributed by atoms with Gasteiger partial charge in [0.25, 0.3) is 0 Å². The van der Waals surface area contributed by atoms with Crippen LogP contribution in [0.15, 0.2) is 48.6 Å². The van der Waals surface area contributed by atoms with Gasteiger partial charge in [-0.25, -0.2) is 0 Å². The normalized spacial score (nSPS) is 38.5. The summed E-state index contributed by atoms with van der Waals surface area (Å²) in [6, 6.07) is 8.45. The van der Waals surface area contributed by atoms with Gasteiger partial charge in [-0.05, 0) is 76.1 Å². The topological polar surface area (TPSA) is 212 Å². The van der Waals surface area contributed by atoms with E-state index in [1.165, 1.54) is 22.3 Å². The molecule has 4 aliphatic heterocycles. The molecule has 8 N–H and O–H groups in total. The molecule has 13 nitrogen and oxygen atoms in total. The first-order valence-corrected chi connectivity index (χ1v) is 17.5. The Kier molecular flexibility index (Phi) is 7.74. The number of benzene rings is 2. The van der Waals surface area contributed by atoms with Crippen LogP contribution in [-0.4, -0.2) is 117 Å². The predicted molar refractivity (Wildman–Crippen MR) is 173 cm³/mol. The molecule has 4 bridgehead atoms. The second kappa shape index (κ2) is 11.2. The van der Waals surface area contributed by atoms with Gasteiger partial charge in [-0.2, -0.15) is 8.42 Å². The highest BCUT2D eigenvalue weighted by Crippen LogP contribution is 2.63. The van der Waals surface area contributed by atoms with E-state index in [-0.39, 0.29) is 40.0 Å². The first-order valence-electron chi connectivity index (χ1n) is 16.1. The molecule has 0 unspecified atom stereocenters. The molecule has 10 atom stereocenters. The van der Waals surface area contributed by atoms with Crippen molar-refractivity contribution in [3.63, 3.8) is 0 Å². The molecule has 14 heteroatoms. The average molecular weight is 687 g/mol. The van der Waals surface area contributed by atoms with Gasteiger partial charge in [-0.3, -0.25) is 9.11 Å². The summed E-state index contributed by atoms with van der Waals surface area (Å²) >= 11 is 0. The number of aliphatic hydroxyl groups is 2. The van der Waals surface area contributed by atoms with Crippen LogP contribution >= 0.6 is 0 Å². The van der Waals surface area contributed by atoms with Crippen molar-refractivity contribution < 1.29 is 52.9 Å². The first kappa shape index (κ1) is 33.3. The van der Waals surface area contributed by atoms with E-state index in [9.17, 15) is 20.4 Å². The highest BCUT2D eigenvalue weighted by Gasteiger charge is 2.65. The zero-order valence-electron chi connectivity index (χ0n) is 26.6. The van der Waals surface area contributed by atoms with Gasteiger partial charge in [0.1, 0.15) is 24.4 Å². The van der Waals surface area contributed by atoms with Crippen molar-refractivity contribution >= 4 is 10.4 Å². The van der Waals surface area contributed by atoms with Crippen molar-refractivity contribution in [3.8, 4) is 23.0 Å². The number of nitrogens with zero attached hydrogens (tertiary/aromatic N) is 2. The van der Waals surface area contributed by atoms with Gasteiger partial charge in [0.15, 0.2) is 23.0 Å². The van der Waals surface area contributed by atoms with Crippen LogP contribution in [0.25, 0.3) is 0 Å². The molecule has 0 aromatic heterocycles. The molecule has 2 aromatic carbocycles. The van der Waals surface area contributed by atoms with Crippen LogP contribution in [0.3, 0.4) is 0 Å². The van der Waals surface area contributed by atoms with Crippen LogP contribution in [-0.2, 0) is 34.1 Å². The lowest BCUT2D eigenvalue weighted by atomic mass is 9.53. The fraction of sp³-hybridized carbons (Fsp3) is 0.529. The van der Waals surface area contributed by atoms with Gasteiger partial charge >= 0.3 is 10.4 Å². The number of likely N-dealkylation sites (N-methyl/N-ethyl adjacent to an activating group) is 2. The fourth-order valence-electron chi connectivity index (χ4n) is 10.5. The molecule has 2 saturated heterocycles. The third-order valence-corrected chi connectivity index (χ3v) is 12.3. The van der Waals surface area contributed by atoms with Crippen molar-refractivity contribution in [2.75, 3.05) is 27.2 Å². The summed E-state index contributed by atoms with van der Waals surface area (Å²) in [4.78, 5) is 4.87. The number of piperidine rings is 2. The van der Waals surface area contributed by atoms with Crippen LogP contribution < -0.4 is 9.47 Å². The molecule has 260 valence electrons. The lowest BCUT2D eigenvalue weighted by Crippen LogP contribution is -2.64. The van der Waals surface area contributed by atoms with Gasteiger partial charge in [0.2, 0.25) is 0 Å². The van der Waals surface area contributed by atoms with Gasteiger partial charge < -0.3 is 45.2 Å². The summed E-state index contributed by atoms with van der Waals surface area (Å²) in [7, 11) is -0.291. The Balaban J connectivity index is 0.000000131. The lowest BCUT2D eigenvalue weighted by molar-refractivity contribution is -0.0453. The van der Waals surface area contributed by atoms with E-state index in [2.05, 4.69) is 36.0 Å². The summed E-state index contributed by atoms with van der Waals surface area (Å²) in [5.74, 6) is 2.38. The molecule has 4 heterocycles. The maximum absolute atomic E-state index is 10.4. The highest BCUT2D eigenvalue weighted by molar-refractivity contribution is 7.79. The third kappa shape index (κ3) is 4.51. The van der Waals surface area contributed by atoms with E-state index in [4.69, 9.17) is 27.0 Å². The SMILES string of the molecule is CN1CC[C@]23c4c5ccc(O)c4O[C@H]2[C@@H](O)C=C[C@H]3[C@H]1C5.CN1CC[C@]23c4c5ccc(O)c4O[C@H]2[C@@H](O)C=C[C@H]3[C@H]1C5.O.O=S(=O)(O)O. The van der Waals surface area contributed by atoms with Crippen molar-refractivity contribution in [1.29, 1.82) is 0 Å². The van der Waals surface area contributed by atoms with Crippen molar-refractivity contribution in [3.05, 3.63) is 70.8 Å². The molecule has 2 aromatic rings. The van der Waals surface area contributed by atoms with E-state index in [0.717, 1.165) is 38.8 Å². The number of phenolic OH excluding ortho intramolecular Hbond substituents is 2. The van der Waals surface area contributed by atoms with E-state index in [0.29, 0.717) is 35.4 Å². The van der Waals surface area contributed by atoms with Crippen LogP contribution in [0.2, 0.25) is 0 Å². The second-order valence-electron chi connectivity index (χ2n) is 14.3. The molecular weight excluding hydrogens is 644 g/mol. The summed E-state index contributed by atoms with van der Waals surface area (Å²) in [6.07, 6.45) is 10.4. The Morgan fingerprint density at radius 3 is 1.46 bits per heavy atom. The van der Waals surface area contributed by atoms with Crippen molar-refractivity contribution in [2.45, 2.75) is 73.0 Å². The van der Waals surface area contributed by atoms with Gasteiger partial charge in [-0.1, -0.05) is 36.4 Å².